The fraction of sp³-hybridized carbons (Fsp3) is 0.438. The lowest BCUT2D eigenvalue weighted by Crippen LogP contribution is -2.41. The number of hydrogen-bond donors (Lipinski definition) is 3. The number of anilines is 1. The molecule has 2 aromatic rings. The van der Waals surface area contributed by atoms with Crippen molar-refractivity contribution in [1.29, 1.82) is 0 Å². The van der Waals surface area contributed by atoms with Crippen LogP contribution in [0.4, 0.5) is 5.82 Å². The number of carbonyl (C=O) groups is 1. The first-order chi connectivity index (χ1) is 10.6. The summed E-state index contributed by atoms with van der Waals surface area (Å²) in [4.78, 5) is 23.0. The third-order valence-electron chi connectivity index (χ3n) is 4.12. The van der Waals surface area contributed by atoms with Gasteiger partial charge in [-0.25, -0.2) is 5.10 Å². The van der Waals surface area contributed by atoms with E-state index in [4.69, 9.17) is 0 Å². The summed E-state index contributed by atoms with van der Waals surface area (Å²) in [6.45, 7) is 1.55. The Hall–Kier alpha value is -2.37. The normalized spacial score (nSPS) is 21.5. The van der Waals surface area contributed by atoms with Crippen LogP contribution < -0.4 is 16.2 Å². The molecular formula is C16H20N4O2. The lowest BCUT2D eigenvalue weighted by molar-refractivity contribution is -0.119. The van der Waals surface area contributed by atoms with Gasteiger partial charge in [-0.2, -0.15) is 5.10 Å². The summed E-state index contributed by atoms with van der Waals surface area (Å²) in [6, 6.07) is 7.88. The van der Waals surface area contributed by atoms with Crippen LogP contribution >= 0.6 is 0 Å². The fourth-order valence-corrected chi connectivity index (χ4v) is 3.16. The van der Waals surface area contributed by atoms with Crippen molar-refractivity contribution in [3.63, 3.8) is 0 Å². The molecule has 6 heteroatoms. The van der Waals surface area contributed by atoms with Crippen molar-refractivity contribution in [3.8, 4) is 0 Å². The molecule has 2 atom stereocenters. The van der Waals surface area contributed by atoms with Gasteiger partial charge in [0.05, 0.1) is 5.39 Å². The van der Waals surface area contributed by atoms with Crippen LogP contribution in [-0.4, -0.2) is 28.2 Å². The van der Waals surface area contributed by atoms with E-state index in [1.54, 1.807) is 13.0 Å². The van der Waals surface area contributed by atoms with Crippen LogP contribution in [0.25, 0.3) is 10.8 Å². The molecule has 1 saturated carbocycles. The molecule has 0 spiro atoms. The molecule has 22 heavy (non-hydrogen) atoms. The average Bonchev–Trinajstić information content (AvgIpc) is 2.50. The van der Waals surface area contributed by atoms with Crippen molar-refractivity contribution < 1.29 is 4.79 Å². The minimum Gasteiger partial charge on any atom is -0.365 e. The van der Waals surface area contributed by atoms with E-state index < -0.39 is 0 Å². The molecule has 1 aromatic heterocycles. The molecule has 116 valence electrons. The number of aromatic amines is 1. The Morgan fingerprint density at radius 2 is 1.95 bits per heavy atom. The van der Waals surface area contributed by atoms with Crippen LogP contribution in [0.1, 0.15) is 32.6 Å². The number of nitrogens with zero attached hydrogens (tertiary/aromatic N) is 1. The molecule has 0 saturated heterocycles. The van der Waals surface area contributed by atoms with Gasteiger partial charge in [0.2, 0.25) is 5.91 Å². The van der Waals surface area contributed by atoms with E-state index in [2.05, 4.69) is 20.8 Å². The van der Waals surface area contributed by atoms with Crippen LogP contribution in [-0.2, 0) is 4.79 Å². The van der Waals surface area contributed by atoms with Gasteiger partial charge in [0, 0.05) is 24.4 Å². The number of benzene rings is 1. The number of aromatic nitrogens is 2. The SMILES string of the molecule is CC(=O)N[C@@H]1CCCC(Nc2n[nH]c(=O)c3ccccc23)C1. The second kappa shape index (κ2) is 6.17. The number of H-pyrrole nitrogens is 1. The molecule has 1 unspecified atom stereocenters. The van der Waals surface area contributed by atoms with Crippen molar-refractivity contribution in [2.75, 3.05) is 5.32 Å². The van der Waals surface area contributed by atoms with Gasteiger partial charge in [0.15, 0.2) is 5.82 Å². The Bertz CT molecular complexity index is 740. The Balaban J connectivity index is 1.80. The molecule has 3 N–H and O–H groups in total. The number of rotatable bonds is 3. The van der Waals surface area contributed by atoms with Crippen LogP contribution in [0.3, 0.4) is 0 Å². The summed E-state index contributed by atoms with van der Waals surface area (Å²) in [7, 11) is 0. The molecule has 1 aliphatic rings. The van der Waals surface area contributed by atoms with Crippen molar-refractivity contribution >= 4 is 22.5 Å². The van der Waals surface area contributed by atoms with E-state index in [0.717, 1.165) is 31.1 Å². The standard InChI is InChI=1S/C16H20N4O2/c1-10(21)17-11-5-4-6-12(9-11)18-15-13-7-2-3-8-14(13)16(22)20-19-15/h2-3,7-8,11-12H,4-6,9H2,1H3,(H,17,21)(H,18,19)(H,20,22)/t11-,12?/m1/s1. The van der Waals surface area contributed by atoms with Crippen LogP contribution in [0, 0.1) is 0 Å². The number of hydrogen-bond acceptors (Lipinski definition) is 4. The van der Waals surface area contributed by atoms with Crippen molar-refractivity contribution in [1.82, 2.24) is 15.5 Å². The van der Waals surface area contributed by atoms with E-state index in [9.17, 15) is 9.59 Å². The molecule has 0 radical (unpaired) electrons. The molecule has 1 amide bonds. The molecule has 1 heterocycles. The summed E-state index contributed by atoms with van der Waals surface area (Å²) in [5, 5.41) is 14.6. The third kappa shape index (κ3) is 3.10. The number of carbonyl (C=O) groups excluding carboxylic acids is 1. The smallest absolute Gasteiger partial charge is 0.272 e. The Labute approximate surface area is 128 Å². The highest BCUT2D eigenvalue weighted by molar-refractivity contribution is 5.90. The zero-order valence-electron chi connectivity index (χ0n) is 12.6. The minimum atomic E-state index is -0.180. The summed E-state index contributed by atoms with van der Waals surface area (Å²) >= 11 is 0. The predicted octanol–water partition coefficient (Wildman–Crippen LogP) is 1.78. The fourth-order valence-electron chi connectivity index (χ4n) is 3.16. The lowest BCUT2D eigenvalue weighted by Gasteiger charge is -2.30. The van der Waals surface area contributed by atoms with E-state index in [1.165, 1.54) is 0 Å². The predicted molar refractivity (Wildman–Crippen MR) is 85.8 cm³/mol. The van der Waals surface area contributed by atoms with Crippen molar-refractivity contribution in [3.05, 3.63) is 34.6 Å². The van der Waals surface area contributed by atoms with Gasteiger partial charge in [0.1, 0.15) is 0 Å². The Morgan fingerprint density at radius 1 is 1.23 bits per heavy atom. The quantitative estimate of drug-likeness (QED) is 0.806. The molecule has 0 aliphatic heterocycles. The van der Waals surface area contributed by atoms with Crippen LogP contribution in [0.15, 0.2) is 29.1 Å². The second-order valence-electron chi connectivity index (χ2n) is 5.85. The largest absolute Gasteiger partial charge is 0.365 e. The summed E-state index contributed by atoms with van der Waals surface area (Å²) in [5.41, 5.74) is -0.180. The van der Waals surface area contributed by atoms with Crippen LogP contribution in [0.5, 0.6) is 0 Å². The molecule has 0 bridgehead atoms. The Morgan fingerprint density at radius 3 is 2.73 bits per heavy atom. The maximum absolute atomic E-state index is 11.8. The highest BCUT2D eigenvalue weighted by Crippen LogP contribution is 2.24. The topological polar surface area (TPSA) is 86.9 Å². The van der Waals surface area contributed by atoms with E-state index >= 15 is 0 Å². The maximum atomic E-state index is 11.8. The van der Waals surface area contributed by atoms with Gasteiger partial charge in [0.25, 0.3) is 5.56 Å². The van der Waals surface area contributed by atoms with Gasteiger partial charge in [-0.3, -0.25) is 9.59 Å². The zero-order valence-corrected chi connectivity index (χ0v) is 12.6. The van der Waals surface area contributed by atoms with Crippen LogP contribution in [0.2, 0.25) is 0 Å². The monoisotopic (exact) mass is 300 g/mol. The van der Waals surface area contributed by atoms with E-state index in [-0.39, 0.29) is 23.6 Å². The maximum Gasteiger partial charge on any atom is 0.272 e. The number of amides is 1. The average molecular weight is 300 g/mol. The molecule has 3 rings (SSSR count). The molecule has 6 nitrogen and oxygen atoms in total. The highest BCUT2D eigenvalue weighted by Gasteiger charge is 2.23. The van der Waals surface area contributed by atoms with Crippen molar-refractivity contribution in [2.24, 2.45) is 0 Å². The summed E-state index contributed by atoms with van der Waals surface area (Å²) in [5.74, 6) is 0.710. The number of nitrogens with one attached hydrogen (secondary N) is 3. The third-order valence-corrected chi connectivity index (χ3v) is 4.12. The number of fused-ring (bicyclic) bond motifs is 1. The summed E-state index contributed by atoms with van der Waals surface area (Å²) < 4.78 is 0. The highest BCUT2D eigenvalue weighted by atomic mass is 16.1. The molecule has 1 aliphatic carbocycles. The zero-order chi connectivity index (χ0) is 15.5. The first-order valence-electron chi connectivity index (χ1n) is 7.64. The van der Waals surface area contributed by atoms with Gasteiger partial charge < -0.3 is 10.6 Å². The molecule has 1 aromatic carbocycles. The van der Waals surface area contributed by atoms with E-state index in [1.807, 2.05) is 18.2 Å². The second-order valence-corrected chi connectivity index (χ2v) is 5.85. The summed E-state index contributed by atoms with van der Waals surface area (Å²) in [6.07, 6.45) is 3.97. The van der Waals surface area contributed by atoms with Crippen molar-refractivity contribution in [2.45, 2.75) is 44.7 Å². The van der Waals surface area contributed by atoms with E-state index in [0.29, 0.717) is 11.2 Å². The van der Waals surface area contributed by atoms with Gasteiger partial charge in [-0.15, -0.1) is 0 Å². The van der Waals surface area contributed by atoms with Gasteiger partial charge >= 0.3 is 0 Å². The molecule has 1 fully saturated rings. The van der Waals surface area contributed by atoms with Gasteiger partial charge in [-0.1, -0.05) is 18.2 Å². The minimum absolute atomic E-state index is 0.0123. The van der Waals surface area contributed by atoms with Gasteiger partial charge in [-0.05, 0) is 31.7 Å². The Kier molecular flexibility index (Phi) is 4.09. The first kappa shape index (κ1) is 14.6. The lowest BCUT2D eigenvalue weighted by atomic mass is 9.91. The first-order valence-corrected chi connectivity index (χ1v) is 7.64. The molecular weight excluding hydrogens is 280 g/mol.